The highest BCUT2D eigenvalue weighted by Gasteiger charge is 2.08. The quantitative estimate of drug-likeness (QED) is 0.348. The van der Waals surface area contributed by atoms with E-state index in [4.69, 9.17) is 4.74 Å². The van der Waals surface area contributed by atoms with E-state index in [1.54, 1.807) is 19.2 Å². The Morgan fingerprint density at radius 1 is 1.62 bits per heavy atom. The van der Waals surface area contributed by atoms with Gasteiger partial charge in [-0.3, -0.25) is 0 Å². The van der Waals surface area contributed by atoms with E-state index in [9.17, 15) is 4.79 Å². The van der Waals surface area contributed by atoms with Crippen LogP contribution in [0.3, 0.4) is 0 Å². The Hall–Kier alpha value is -0.650. The normalized spacial score (nSPS) is 8.77. The smallest absolute Gasteiger partial charge is 0.344 e. The lowest BCUT2D eigenvalue weighted by molar-refractivity contribution is -0.671. The number of halogens is 1. The molecule has 1 aromatic heterocycles. The van der Waals surface area contributed by atoms with Crippen LogP contribution in [0.25, 0.3) is 0 Å². The zero-order valence-corrected chi connectivity index (χ0v) is 9.82. The molecule has 1 heterocycles. The first-order valence-electron chi connectivity index (χ1n) is 3.86. The SMILES string of the molecule is CCOC(=O)c1ccc[n+](C)c1.[I-]. The fourth-order valence-electron chi connectivity index (χ4n) is 0.923. The number of hydrogen-bond donors (Lipinski definition) is 0. The molecule has 0 aliphatic carbocycles. The molecule has 0 spiro atoms. The molecule has 0 atom stereocenters. The second kappa shape index (κ2) is 5.90. The Labute approximate surface area is 94.7 Å². The minimum absolute atomic E-state index is 0. The molecule has 0 amide bonds. The minimum atomic E-state index is -0.270. The van der Waals surface area contributed by atoms with Crippen LogP contribution in [0, 0.1) is 0 Å². The number of aromatic nitrogens is 1. The molecule has 1 rings (SSSR count). The molecule has 0 saturated heterocycles. The predicted octanol–water partition coefficient (Wildman–Crippen LogP) is -2.31. The van der Waals surface area contributed by atoms with Gasteiger partial charge >= 0.3 is 5.97 Å². The molecule has 1 aromatic rings. The minimum Gasteiger partial charge on any atom is -1.00 e. The highest BCUT2D eigenvalue weighted by Crippen LogP contribution is 1.96. The summed E-state index contributed by atoms with van der Waals surface area (Å²) in [5, 5.41) is 0. The molecule has 3 nitrogen and oxygen atoms in total. The molecule has 4 heteroatoms. The van der Waals surface area contributed by atoms with Gasteiger partial charge < -0.3 is 28.7 Å². The van der Waals surface area contributed by atoms with Crippen LogP contribution in [0.1, 0.15) is 17.3 Å². The van der Waals surface area contributed by atoms with Crippen LogP contribution in [0.15, 0.2) is 24.5 Å². The van der Waals surface area contributed by atoms with Crippen molar-refractivity contribution in [2.45, 2.75) is 6.92 Å². The average Bonchev–Trinajstić information content (AvgIpc) is 2.05. The first kappa shape index (κ1) is 12.3. The predicted molar refractivity (Wildman–Crippen MR) is 43.6 cm³/mol. The van der Waals surface area contributed by atoms with Gasteiger partial charge in [-0.05, 0) is 13.0 Å². The highest BCUT2D eigenvalue weighted by atomic mass is 127. The lowest BCUT2D eigenvalue weighted by Gasteiger charge is -1.98. The van der Waals surface area contributed by atoms with Gasteiger partial charge in [0.25, 0.3) is 0 Å². The molecule has 0 aliphatic rings. The van der Waals surface area contributed by atoms with Crippen molar-refractivity contribution in [2.24, 2.45) is 7.05 Å². The van der Waals surface area contributed by atoms with E-state index >= 15 is 0 Å². The molecule has 0 aromatic carbocycles. The second-order valence-corrected chi connectivity index (χ2v) is 2.48. The molecule has 0 saturated carbocycles. The van der Waals surface area contributed by atoms with E-state index in [1.807, 2.05) is 23.9 Å². The van der Waals surface area contributed by atoms with Crippen LogP contribution < -0.4 is 28.5 Å². The molecule has 0 N–H and O–H groups in total. The number of nitrogens with zero attached hydrogens (tertiary/aromatic N) is 1. The number of carbonyl (C=O) groups is 1. The maximum atomic E-state index is 11.2. The van der Waals surface area contributed by atoms with Gasteiger partial charge in [0.15, 0.2) is 12.4 Å². The Balaban J connectivity index is 0.00000144. The number of hydrogen-bond acceptors (Lipinski definition) is 2. The molecular weight excluding hydrogens is 281 g/mol. The van der Waals surface area contributed by atoms with Gasteiger partial charge in [-0.2, -0.15) is 0 Å². The summed E-state index contributed by atoms with van der Waals surface area (Å²) in [6.07, 6.45) is 3.60. The summed E-state index contributed by atoms with van der Waals surface area (Å²) in [6, 6.07) is 3.55. The lowest BCUT2D eigenvalue weighted by Crippen LogP contribution is -3.00. The van der Waals surface area contributed by atoms with E-state index < -0.39 is 0 Å². The topological polar surface area (TPSA) is 30.2 Å². The zero-order chi connectivity index (χ0) is 8.97. The summed E-state index contributed by atoms with van der Waals surface area (Å²) in [5.74, 6) is -0.270. The number of ether oxygens (including phenoxy) is 1. The Kier molecular flexibility index (Phi) is 5.61. The molecule has 13 heavy (non-hydrogen) atoms. The molecule has 0 fully saturated rings. The standard InChI is InChI=1S/C9H12NO2.HI/c1-3-12-9(11)8-5-4-6-10(2)7-8;/h4-7H,3H2,1-2H3;1H/q+1;/p-1. The fourth-order valence-corrected chi connectivity index (χ4v) is 0.923. The van der Waals surface area contributed by atoms with Crippen LogP contribution in [-0.4, -0.2) is 12.6 Å². The van der Waals surface area contributed by atoms with Crippen molar-refractivity contribution in [3.05, 3.63) is 30.1 Å². The maximum Gasteiger partial charge on any atom is 0.344 e. The number of rotatable bonds is 2. The summed E-state index contributed by atoms with van der Waals surface area (Å²) in [6.45, 7) is 2.21. The van der Waals surface area contributed by atoms with Crippen molar-refractivity contribution in [1.82, 2.24) is 0 Å². The van der Waals surface area contributed by atoms with Gasteiger partial charge in [-0.1, -0.05) is 0 Å². The fraction of sp³-hybridized carbons (Fsp3) is 0.333. The van der Waals surface area contributed by atoms with Gasteiger partial charge in [0.1, 0.15) is 12.6 Å². The molecule has 0 unspecified atom stereocenters. The zero-order valence-electron chi connectivity index (χ0n) is 7.66. The number of esters is 1. The van der Waals surface area contributed by atoms with Crippen LogP contribution in [-0.2, 0) is 11.8 Å². The monoisotopic (exact) mass is 293 g/mol. The number of carbonyl (C=O) groups excluding carboxylic acids is 1. The lowest BCUT2D eigenvalue weighted by atomic mass is 10.3. The van der Waals surface area contributed by atoms with Crippen LogP contribution in [0.2, 0.25) is 0 Å². The van der Waals surface area contributed by atoms with Gasteiger partial charge in [0, 0.05) is 6.07 Å². The Morgan fingerprint density at radius 2 is 2.31 bits per heavy atom. The first-order chi connectivity index (χ1) is 5.74. The first-order valence-corrected chi connectivity index (χ1v) is 3.86. The van der Waals surface area contributed by atoms with E-state index in [1.165, 1.54) is 0 Å². The molecular formula is C9H12INO2. The Bertz CT molecular complexity index is 289. The van der Waals surface area contributed by atoms with E-state index in [2.05, 4.69) is 0 Å². The molecule has 0 radical (unpaired) electrons. The molecule has 0 aliphatic heterocycles. The van der Waals surface area contributed by atoms with Crippen LogP contribution in [0.4, 0.5) is 0 Å². The van der Waals surface area contributed by atoms with Crippen molar-refractivity contribution in [2.75, 3.05) is 6.61 Å². The largest absolute Gasteiger partial charge is 1.00 e. The summed E-state index contributed by atoms with van der Waals surface area (Å²) in [5.41, 5.74) is 0.585. The van der Waals surface area contributed by atoms with Crippen molar-refractivity contribution < 1.29 is 38.1 Å². The van der Waals surface area contributed by atoms with Crippen LogP contribution in [0.5, 0.6) is 0 Å². The third-order valence-corrected chi connectivity index (χ3v) is 1.45. The number of pyridine rings is 1. The maximum absolute atomic E-state index is 11.2. The van der Waals surface area contributed by atoms with Gasteiger partial charge in [-0.25, -0.2) is 9.36 Å². The third-order valence-electron chi connectivity index (χ3n) is 1.45. The van der Waals surface area contributed by atoms with E-state index in [-0.39, 0.29) is 29.9 Å². The van der Waals surface area contributed by atoms with Crippen molar-refractivity contribution in [3.63, 3.8) is 0 Å². The van der Waals surface area contributed by atoms with Gasteiger partial charge in [-0.15, -0.1) is 0 Å². The Morgan fingerprint density at radius 3 is 2.85 bits per heavy atom. The highest BCUT2D eigenvalue weighted by molar-refractivity contribution is 5.88. The summed E-state index contributed by atoms with van der Waals surface area (Å²) in [7, 11) is 1.86. The summed E-state index contributed by atoms with van der Waals surface area (Å²) in [4.78, 5) is 11.2. The van der Waals surface area contributed by atoms with Gasteiger partial charge in [0.05, 0.1) is 6.61 Å². The van der Waals surface area contributed by atoms with Crippen LogP contribution >= 0.6 is 0 Å². The van der Waals surface area contributed by atoms with E-state index in [0.717, 1.165) is 0 Å². The second-order valence-electron chi connectivity index (χ2n) is 2.48. The van der Waals surface area contributed by atoms with E-state index in [0.29, 0.717) is 12.2 Å². The van der Waals surface area contributed by atoms with Crippen molar-refractivity contribution in [3.8, 4) is 0 Å². The molecule has 72 valence electrons. The van der Waals surface area contributed by atoms with Crippen molar-refractivity contribution in [1.29, 1.82) is 0 Å². The number of aryl methyl sites for hydroxylation is 1. The average molecular weight is 293 g/mol. The van der Waals surface area contributed by atoms with Crippen molar-refractivity contribution >= 4 is 5.97 Å². The van der Waals surface area contributed by atoms with Gasteiger partial charge in [0.2, 0.25) is 0 Å². The molecule has 0 bridgehead atoms. The summed E-state index contributed by atoms with van der Waals surface area (Å²) < 4.78 is 6.64. The summed E-state index contributed by atoms with van der Waals surface area (Å²) >= 11 is 0. The third kappa shape index (κ3) is 3.71.